The molecule has 0 aliphatic carbocycles. The molecule has 0 radical (unpaired) electrons. The van der Waals surface area contributed by atoms with E-state index >= 15 is 0 Å². The number of aryl methyl sites for hydroxylation is 1. The molecular formula is C16H21N3. The van der Waals surface area contributed by atoms with Gasteiger partial charge in [-0.25, -0.2) is 0 Å². The molecule has 1 aliphatic heterocycles. The highest BCUT2D eigenvalue weighted by atomic mass is 15.1. The minimum atomic E-state index is 0.844. The minimum absolute atomic E-state index is 0.844. The van der Waals surface area contributed by atoms with Crippen molar-refractivity contribution in [2.24, 2.45) is 0 Å². The smallest absolute Gasteiger partial charge is 0.0551 e. The van der Waals surface area contributed by atoms with Crippen LogP contribution in [0.3, 0.4) is 0 Å². The van der Waals surface area contributed by atoms with Crippen molar-refractivity contribution in [3.05, 3.63) is 47.8 Å². The van der Waals surface area contributed by atoms with Crippen molar-refractivity contribution in [1.82, 2.24) is 4.98 Å². The Hall–Kier alpha value is -1.90. The molecule has 0 spiro atoms. The number of hydrogen-bond acceptors (Lipinski definition) is 2. The first kappa shape index (κ1) is 12.2. The van der Waals surface area contributed by atoms with Crippen molar-refractivity contribution in [3.8, 4) is 0 Å². The first-order valence-electron chi connectivity index (χ1n) is 7.05. The summed E-state index contributed by atoms with van der Waals surface area (Å²) in [5, 5.41) is 3.48. The average Bonchev–Trinajstić information content (AvgIpc) is 3.10. The Labute approximate surface area is 114 Å². The van der Waals surface area contributed by atoms with Gasteiger partial charge >= 0.3 is 0 Å². The summed E-state index contributed by atoms with van der Waals surface area (Å²) in [6.07, 6.45) is 4.61. The van der Waals surface area contributed by atoms with Gasteiger partial charge in [-0.1, -0.05) is 0 Å². The molecule has 3 heteroatoms. The molecule has 0 amide bonds. The molecule has 1 aromatic heterocycles. The lowest BCUT2D eigenvalue weighted by Gasteiger charge is -2.19. The predicted molar refractivity (Wildman–Crippen MR) is 80.7 cm³/mol. The van der Waals surface area contributed by atoms with E-state index in [-0.39, 0.29) is 0 Å². The zero-order valence-electron chi connectivity index (χ0n) is 11.4. The molecule has 0 bridgehead atoms. The van der Waals surface area contributed by atoms with Gasteiger partial charge in [0.15, 0.2) is 0 Å². The molecule has 19 heavy (non-hydrogen) atoms. The third-order valence-corrected chi connectivity index (χ3v) is 3.81. The maximum Gasteiger partial charge on any atom is 0.0551 e. The number of rotatable bonds is 4. The van der Waals surface area contributed by atoms with Crippen molar-refractivity contribution in [2.45, 2.75) is 26.3 Å². The normalized spacial score (nSPS) is 14.9. The van der Waals surface area contributed by atoms with Crippen LogP contribution in [0.25, 0.3) is 0 Å². The summed E-state index contributed by atoms with van der Waals surface area (Å²) in [7, 11) is 0. The van der Waals surface area contributed by atoms with Crippen LogP contribution in [0.15, 0.2) is 36.5 Å². The Morgan fingerprint density at radius 2 is 2.05 bits per heavy atom. The van der Waals surface area contributed by atoms with Crippen LogP contribution in [0.4, 0.5) is 11.4 Å². The standard InChI is InChI=1S/C16H21N3/c1-13-11-15(19-9-2-3-10-19)6-7-16(13)18-12-14-5-4-8-17-14/h4-8,11,17-18H,2-3,9-10,12H2,1H3. The summed E-state index contributed by atoms with van der Waals surface area (Å²) in [5.74, 6) is 0. The molecule has 3 nitrogen and oxygen atoms in total. The largest absolute Gasteiger partial charge is 0.379 e. The van der Waals surface area contributed by atoms with Gasteiger partial charge in [0.2, 0.25) is 0 Å². The van der Waals surface area contributed by atoms with Crippen LogP contribution in [-0.2, 0) is 6.54 Å². The second-order valence-corrected chi connectivity index (χ2v) is 5.24. The number of hydrogen-bond donors (Lipinski definition) is 2. The van der Waals surface area contributed by atoms with Crippen LogP contribution in [-0.4, -0.2) is 18.1 Å². The van der Waals surface area contributed by atoms with Gasteiger partial charge in [0.25, 0.3) is 0 Å². The van der Waals surface area contributed by atoms with E-state index in [9.17, 15) is 0 Å². The molecule has 1 fully saturated rings. The Balaban J connectivity index is 1.68. The van der Waals surface area contributed by atoms with Gasteiger partial charge in [0, 0.05) is 36.4 Å². The Morgan fingerprint density at radius 1 is 1.21 bits per heavy atom. The van der Waals surface area contributed by atoms with E-state index in [0.717, 1.165) is 6.54 Å². The topological polar surface area (TPSA) is 31.1 Å². The van der Waals surface area contributed by atoms with Gasteiger partial charge < -0.3 is 15.2 Å². The fourth-order valence-corrected chi connectivity index (χ4v) is 2.69. The number of H-pyrrole nitrogens is 1. The van der Waals surface area contributed by atoms with E-state index in [4.69, 9.17) is 0 Å². The van der Waals surface area contributed by atoms with Crippen LogP contribution >= 0.6 is 0 Å². The fraction of sp³-hybridized carbons (Fsp3) is 0.375. The van der Waals surface area contributed by atoms with Crippen molar-refractivity contribution >= 4 is 11.4 Å². The Bertz CT molecular complexity index is 525. The third-order valence-electron chi connectivity index (χ3n) is 3.81. The van der Waals surface area contributed by atoms with Crippen molar-refractivity contribution in [2.75, 3.05) is 23.3 Å². The molecule has 0 unspecified atom stereocenters. The maximum absolute atomic E-state index is 3.48. The van der Waals surface area contributed by atoms with Crippen LogP contribution in [0.1, 0.15) is 24.1 Å². The van der Waals surface area contributed by atoms with Crippen molar-refractivity contribution in [1.29, 1.82) is 0 Å². The predicted octanol–water partition coefficient (Wildman–Crippen LogP) is 3.54. The molecule has 0 atom stereocenters. The van der Waals surface area contributed by atoms with Crippen LogP contribution in [0.2, 0.25) is 0 Å². The van der Waals surface area contributed by atoms with Gasteiger partial charge in [-0.3, -0.25) is 0 Å². The molecule has 100 valence electrons. The summed E-state index contributed by atoms with van der Waals surface area (Å²) in [6, 6.07) is 10.9. The van der Waals surface area contributed by atoms with Gasteiger partial charge in [-0.15, -0.1) is 0 Å². The third kappa shape index (κ3) is 2.75. The molecule has 3 rings (SSSR count). The molecule has 1 aliphatic rings. The number of anilines is 2. The average molecular weight is 255 g/mol. The maximum atomic E-state index is 3.48. The molecule has 1 aromatic carbocycles. The molecule has 2 N–H and O–H groups in total. The van der Waals surface area contributed by atoms with Crippen molar-refractivity contribution < 1.29 is 0 Å². The van der Waals surface area contributed by atoms with Gasteiger partial charge in [0.1, 0.15) is 0 Å². The number of aromatic amines is 1. The first-order chi connectivity index (χ1) is 9.33. The summed E-state index contributed by atoms with van der Waals surface area (Å²) in [6.45, 7) is 5.43. The highest BCUT2D eigenvalue weighted by Gasteiger charge is 2.12. The van der Waals surface area contributed by atoms with Gasteiger partial charge in [-0.2, -0.15) is 0 Å². The summed E-state index contributed by atoms with van der Waals surface area (Å²) < 4.78 is 0. The lowest BCUT2D eigenvalue weighted by Crippen LogP contribution is -2.17. The zero-order chi connectivity index (χ0) is 13.1. The minimum Gasteiger partial charge on any atom is -0.379 e. The number of nitrogens with one attached hydrogen (secondary N) is 2. The summed E-state index contributed by atoms with van der Waals surface area (Å²) in [5.41, 5.74) is 5.11. The Kier molecular flexibility index (Phi) is 3.45. The molecule has 1 saturated heterocycles. The molecule has 2 aromatic rings. The lowest BCUT2D eigenvalue weighted by molar-refractivity contribution is 0.949. The van der Waals surface area contributed by atoms with Crippen LogP contribution in [0.5, 0.6) is 0 Å². The van der Waals surface area contributed by atoms with E-state index in [1.165, 1.54) is 48.6 Å². The number of benzene rings is 1. The summed E-state index contributed by atoms with van der Waals surface area (Å²) >= 11 is 0. The van der Waals surface area contributed by atoms with Crippen LogP contribution in [0, 0.1) is 6.92 Å². The summed E-state index contributed by atoms with van der Waals surface area (Å²) in [4.78, 5) is 5.69. The van der Waals surface area contributed by atoms with Crippen LogP contribution < -0.4 is 10.2 Å². The van der Waals surface area contributed by atoms with E-state index in [0.29, 0.717) is 0 Å². The monoisotopic (exact) mass is 255 g/mol. The second-order valence-electron chi connectivity index (χ2n) is 5.24. The van der Waals surface area contributed by atoms with Crippen molar-refractivity contribution in [3.63, 3.8) is 0 Å². The SMILES string of the molecule is Cc1cc(N2CCCC2)ccc1NCc1ccc[nH]1. The van der Waals surface area contributed by atoms with E-state index in [2.05, 4.69) is 46.4 Å². The molecule has 0 saturated carbocycles. The zero-order valence-corrected chi connectivity index (χ0v) is 11.4. The highest BCUT2D eigenvalue weighted by molar-refractivity contribution is 5.60. The fourth-order valence-electron chi connectivity index (χ4n) is 2.69. The first-order valence-corrected chi connectivity index (χ1v) is 7.05. The van der Waals surface area contributed by atoms with E-state index in [1.807, 2.05) is 12.3 Å². The number of nitrogens with zero attached hydrogens (tertiary/aromatic N) is 1. The second kappa shape index (κ2) is 5.39. The van der Waals surface area contributed by atoms with Gasteiger partial charge in [0.05, 0.1) is 6.54 Å². The number of aromatic nitrogens is 1. The molecular weight excluding hydrogens is 234 g/mol. The van der Waals surface area contributed by atoms with E-state index in [1.54, 1.807) is 0 Å². The quantitative estimate of drug-likeness (QED) is 0.875. The van der Waals surface area contributed by atoms with Gasteiger partial charge in [-0.05, 0) is 55.7 Å². The molecule has 2 heterocycles. The van der Waals surface area contributed by atoms with E-state index < -0.39 is 0 Å². The lowest BCUT2D eigenvalue weighted by atomic mass is 10.1. The highest BCUT2D eigenvalue weighted by Crippen LogP contribution is 2.25. The Morgan fingerprint density at radius 3 is 2.74 bits per heavy atom.